The summed E-state index contributed by atoms with van der Waals surface area (Å²) >= 11 is 0. The van der Waals surface area contributed by atoms with E-state index in [0.717, 1.165) is 0 Å². The van der Waals surface area contributed by atoms with E-state index in [4.69, 9.17) is 14.2 Å². The van der Waals surface area contributed by atoms with E-state index in [0.29, 0.717) is 48.0 Å². The molecule has 3 rings (SSSR count). The Hall–Kier alpha value is -3.06. The van der Waals surface area contributed by atoms with E-state index in [-0.39, 0.29) is 17.9 Å². The van der Waals surface area contributed by atoms with Crippen molar-refractivity contribution >= 4 is 17.5 Å². The summed E-state index contributed by atoms with van der Waals surface area (Å²) in [7, 11) is 3.05. The molecule has 7 nitrogen and oxygen atoms in total. The number of methoxy groups -OCH3 is 2. The molecule has 1 fully saturated rings. The Morgan fingerprint density at radius 3 is 2.57 bits per heavy atom. The molecule has 1 N–H and O–H groups in total. The van der Waals surface area contributed by atoms with Crippen LogP contribution in [0.2, 0.25) is 0 Å². The molecule has 1 heterocycles. The number of nitrogens with zero attached hydrogens (tertiary/aromatic N) is 1. The van der Waals surface area contributed by atoms with Crippen molar-refractivity contribution < 1.29 is 23.8 Å². The minimum Gasteiger partial charge on any atom is -0.493 e. The first-order chi connectivity index (χ1) is 13.5. The average molecular weight is 384 g/mol. The molecule has 0 spiro atoms. The summed E-state index contributed by atoms with van der Waals surface area (Å²) in [6.07, 6.45) is 0.0191. The summed E-state index contributed by atoms with van der Waals surface area (Å²) in [6, 6.07) is 11.9. The Kier molecular flexibility index (Phi) is 6.16. The zero-order chi connectivity index (χ0) is 20.1. The fraction of sp³-hybridized carbons (Fsp3) is 0.333. The molecule has 0 saturated carbocycles. The van der Waals surface area contributed by atoms with Crippen molar-refractivity contribution in [2.24, 2.45) is 0 Å². The lowest BCUT2D eigenvalue weighted by atomic mass is 10.1. The number of hydrogen-bond acceptors (Lipinski definition) is 5. The number of hydrogen-bond donors (Lipinski definition) is 1. The second kappa shape index (κ2) is 8.75. The highest BCUT2D eigenvalue weighted by Gasteiger charge is 2.22. The fourth-order valence-electron chi connectivity index (χ4n) is 3.10. The van der Waals surface area contributed by atoms with Gasteiger partial charge < -0.3 is 24.4 Å². The third-order valence-corrected chi connectivity index (χ3v) is 4.54. The predicted octanol–water partition coefficient (Wildman–Crippen LogP) is 2.82. The van der Waals surface area contributed by atoms with Crippen LogP contribution in [0.25, 0.3) is 0 Å². The van der Waals surface area contributed by atoms with Gasteiger partial charge in [-0.25, -0.2) is 0 Å². The van der Waals surface area contributed by atoms with Crippen LogP contribution in [-0.2, 0) is 4.74 Å². The summed E-state index contributed by atoms with van der Waals surface area (Å²) in [5.41, 5.74) is 1.50. The van der Waals surface area contributed by atoms with Gasteiger partial charge in [0.05, 0.1) is 26.9 Å². The van der Waals surface area contributed by atoms with Crippen molar-refractivity contribution in [1.82, 2.24) is 4.90 Å². The minimum atomic E-state index is -0.300. The molecule has 0 aromatic heterocycles. The Morgan fingerprint density at radius 2 is 1.86 bits per heavy atom. The van der Waals surface area contributed by atoms with Gasteiger partial charge in [-0.05, 0) is 43.3 Å². The van der Waals surface area contributed by atoms with Gasteiger partial charge in [-0.3, -0.25) is 9.59 Å². The number of anilines is 1. The summed E-state index contributed by atoms with van der Waals surface area (Å²) in [5.74, 6) is 0.648. The molecule has 0 aliphatic carbocycles. The largest absolute Gasteiger partial charge is 0.493 e. The van der Waals surface area contributed by atoms with Crippen LogP contribution in [0.4, 0.5) is 5.69 Å². The number of carbonyl (C=O) groups is 2. The molecule has 1 aliphatic rings. The third kappa shape index (κ3) is 4.43. The number of amides is 2. The van der Waals surface area contributed by atoms with Crippen LogP contribution >= 0.6 is 0 Å². The topological polar surface area (TPSA) is 77.1 Å². The van der Waals surface area contributed by atoms with Crippen molar-refractivity contribution in [2.45, 2.75) is 13.0 Å². The van der Waals surface area contributed by atoms with Gasteiger partial charge >= 0.3 is 0 Å². The first-order valence-electron chi connectivity index (χ1n) is 9.06. The number of nitrogens with one attached hydrogen (secondary N) is 1. The number of rotatable bonds is 5. The second-order valence-corrected chi connectivity index (χ2v) is 6.54. The number of carbonyl (C=O) groups excluding carboxylic acids is 2. The van der Waals surface area contributed by atoms with E-state index in [1.165, 1.54) is 14.2 Å². The molecule has 7 heteroatoms. The smallest absolute Gasteiger partial charge is 0.255 e. The van der Waals surface area contributed by atoms with Crippen LogP contribution in [0.5, 0.6) is 11.5 Å². The first kappa shape index (κ1) is 19.7. The highest BCUT2D eigenvalue weighted by atomic mass is 16.5. The van der Waals surface area contributed by atoms with Gasteiger partial charge in [0.1, 0.15) is 0 Å². The quantitative estimate of drug-likeness (QED) is 0.858. The molecule has 2 aromatic carbocycles. The first-order valence-corrected chi connectivity index (χ1v) is 9.06. The van der Waals surface area contributed by atoms with Gasteiger partial charge in [0.2, 0.25) is 0 Å². The maximum atomic E-state index is 12.7. The lowest BCUT2D eigenvalue weighted by molar-refractivity contribution is -0.0124. The molecule has 1 saturated heterocycles. The Bertz CT molecular complexity index is 868. The average Bonchev–Trinajstić information content (AvgIpc) is 2.72. The minimum absolute atomic E-state index is 0.0191. The number of ether oxygens (including phenoxy) is 3. The van der Waals surface area contributed by atoms with Gasteiger partial charge in [0.15, 0.2) is 11.5 Å². The molecule has 1 atom stereocenters. The lowest BCUT2D eigenvalue weighted by Crippen LogP contribution is -2.44. The predicted molar refractivity (Wildman–Crippen MR) is 105 cm³/mol. The summed E-state index contributed by atoms with van der Waals surface area (Å²) in [5, 5.41) is 2.82. The third-order valence-electron chi connectivity index (χ3n) is 4.54. The molecule has 1 aliphatic heterocycles. The van der Waals surface area contributed by atoms with Crippen molar-refractivity contribution in [2.75, 3.05) is 39.2 Å². The zero-order valence-electron chi connectivity index (χ0n) is 16.2. The maximum absolute atomic E-state index is 12.7. The van der Waals surface area contributed by atoms with Gasteiger partial charge in [-0.15, -0.1) is 0 Å². The zero-order valence-corrected chi connectivity index (χ0v) is 16.2. The Morgan fingerprint density at radius 1 is 1.07 bits per heavy atom. The standard InChI is InChI=1S/C21H24N2O5/c1-14-13-23(9-10-28-14)21(25)16-5-4-6-17(11-16)22-20(24)15-7-8-18(26-2)19(12-15)27-3/h4-8,11-12,14H,9-10,13H2,1-3H3,(H,22,24). The molecule has 0 bridgehead atoms. The molecular weight excluding hydrogens is 360 g/mol. The van der Waals surface area contributed by atoms with Crippen LogP contribution in [-0.4, -0.2) is 56.7 Å². The molecule has 2 aromatic rings. The highest BCUT2D eigenvalue weighted by Crippen LogP contribution is 2.28. The van der Waals surface area contributed by atoms with Crippen molar-refractivity contribution in [3.05, 3.63) is 53.6 Å². The summed E-state index contributed by atoms with van der Waals surface area (Å²) in [6.45, 7) is 3.59. The number of benzene rings is 2. The Labute approximate surface area is 164 Å². The van der Waals surface area contributed by atoms with Crippen LogP contribution in [0.1, 0.15) is 27.6 Å². The fourth-order valence-corrected chi connectivity index (χ4v) is 3.10. The van der Waals surface area contributed by atoms with E-state index < -0.39 is 0 Å². The van der Waals surface area contributed by atoms with Crippen molar-refractivity contribution in [1.29, 1.82) is 0 Å². The Balaban J connectivity index is 1.74. The van der Waals surface area contributed by atoms with Crippen molar-refractivity contribution in [3.8, 4) is 11.5 Å². The molecule has 2 amide bonds. The molecule has 148 valence electrons. The van der Waals surface area contributed by atoms with Crippen molar-refractivity contribution in [3.63, 3.8) is 0 Å². The van der Waals surface area contributed by atoms with Crippen LogP contribution < -0.4 is 14.8 Å². The van der Waals surface area contributed by atoms with Crippen LogP contribution in [0.3, 0.4) is 0 Å². The van der Waals surface area contributed by atoms with E-state index in [1.54, 1.807) is 47.4 Å². The summed E-state index contributed by atoms with van der Waals surface area (Å²) < 4.78 is 15.9. The molecule has 0 radical (unpaired) electrons. The van der Waals surface area contributed by atoms with Gasteiger partial charge in [-0.2, -0.15) is 0 Å². The SMILES string of the molecule is COc1ccc(C(=O)Nc2cccc(C(=O)N3CCOC(C)C3)c2)cc1OC. The normalized spacial score (nSPS) is 16.4. The molecule has 1 unspecified atom stereocenters. The van der Waals surface area contributed by atoms with E-state index >= 15 is 0 Å². The summed E-state index contributed by atoms with van der Waals surface area (Å²) in [4.78, 5) is 27.1. The molecule has 28 heavy (non-hydrogen) atoms. The highest BCUT2D eigenvalue weighted by molar-refractivity contribution is 6.05. The molecular formula is C21H24N2O5. The van der Waals surface area contributed by atoms with Gasteiger partial charge in [0, 0.05) is 29.9 Å². The maximum Gasteiger partial charge on any atom is 0.255 e. The van der Waals surface area contributed by atoms with Crippen LogP contribution in [0.15, 0.2) is 42.5 Å². The number of morpholine rings is 1. The van der Waals surface area contributed by atoms with Crippen LogP contribution in [0, 0.1) is 0 Å². The second-order valence-electron chi connectivity index (χ2n) is 6.54. The van der Waals surface area contributed by atoms with Gasteiger partial charge in [-0.1, -0.05) is 6.07 Å². The lowest BCUT2D eigenvalue weighted by Gasteiger charge is -2.31. The van der Waals surface area contributed by atoms with E-state index in [1.807, 2.05) is 6.92 Å². The van der Waals surface area contributed by atoms with E-state index in [2.05, 4.69) is 5.32 Å². The van der Waals surface area contributed by atoms with E-state index in [9.17, 15) is 9.59 Å². The monoisotopic (exact) mass is 384 g/mol. The van der Waals surface area contributed by atoms with Gasteiger partial charge in [0.25, 0.3) is 11.8 Å².